The summed E-state index contributed by atoms with van der Waals surface area (Å²) in [5.41, 5.74) is 7.56. The fraction of sp³-hybridized carbons (Fsp3) is 0. The number of anilines is 1. The molecule has 4 nitrogen and oxygen atoms in total. The molecule has 0 bridgehead atoms. The molecule has 0 radical (unpaired) electrons. The molecule has 0 unspecified atom stereocenters. The van der Waals surface area contributed by atoms with Crippen molar-refractivity contribution in [3.05, 3.63) is 48.0 Å². The summed E-state index contributed by atoms with van der Waals surface area (Å²) in [4.78, 5) is 11.0. The first kappa shape index (κ1) is 12.5. The molecule has 1 heterocycles. The average molecular weight is 285 g/mol. The van der Waals surface area contributed by atoms with Gasteiger partial charge in [-0.25, -0.2) is 4.79 Å². The fourth-order valence-corrected chi connectivity index (χ4v) is 2.96. The van der Waals surface area contributed by atoms with Gasteiger partial charge in [0.05, 0.1) is 5.56 Å². The summed E-state index contributed by atoms with van der Waals surface area (Å²) in [6.45, 7) is 0. The van der Waals surface area contributed by atoms with E-state index in [0.29, 0.717) is 10.4 Å². The highest BCUT2D eigenvalue weighted by atomic mass is 32.1. The molecule has 0 atom stereocenters. The molecular weight excluding hydrogens is 274 g/mol. The number of aromatic carboxylic acids is 1. The minimum atomic E-state index is -0.962. The van der Waals surface area contributed by atoms with Crippen LogP contribution in [-0.4, -0.2) is 16.2 Å². The SMILES string of the molecule is Nc1sc2ccc(-c3cccc(C(=O)O)c3)cc2c1O. The molecule has 1 aromatic heterocycles. The van der Waals surface area contributed by atoms with E-state index >= 15 is 0 Å². The van der Waals surface area contributed by atoms with Crippen molar-refractivity contribution in [3.63, 3.8) is 0 Å². The fourth-order valence-electron chi connectivity index (χ4n) is 2.11. The molecule has 100 valence electrons. The molecule has 0 saturated carbocycles. The van der Waals surface area contributed by atoms with Crippen molar-refractivity contribution in [3.8, 4) is 16.9 Å². The smallest absolute Gasteiger partial charge is 0.335 e. The molecule has 4 N–H and O–H groups in total. The van der Waals surface area contributed by atoms with Gasteiger partial charge in [0.1, 0.15) is 5.00 Å². The zero-order chi connectivity index (χ0) is 14.3. The standard InChI is InChI=1S/C15H11NO3S/c16-14-13(17)11-7-9(4-5-12(11)20-14)8-2-1-3-10(6-8)15(18)19/h1-7,17H,16H2,(H,18,19). The van der Waals surface area contributed by atoms with E-state index in [1.54, 1.807) is 18.2 Å². The molecule has 0 saturated heterocycles. The number of rotatable bonds is 2. The predicted molar refractivity (Wildman–Crippen MR) is 80.3 cm³/mol. The van der Waals surface area contributed by atoms with E-state index < -0.39 is 5.97 Å². The van der Waals surface area contributed by atoms with Crippen LogP contribution in [0.3, 0.4) is 0 Å². The highest BCUT2D eigenvalue weighted by Gasteiger charge is 2.10. The summed E-state index contributed by atoms with van der Waals surface area (Å²) in [5, 5.41) is 20.0. The zero-order valence-corrected chi connectivity index (χ0v) is 11.1. The van der Waals surface area contributed by atoms with E-state index in [2.05, 4.69) is 0 Å². The number of nitrogen functional groups attached to an aromatic ring is 1. The van der Waals surface area contributed by atoms with Gasteiger partial charge in [0.25, 0.3) is 0 Å². The van der Waals surface area contributed by atoms with Crippen LogP contribution >= 0.6 is 11.3 Å². The van der Waals surface area contributed by atoms with E-state index in [9.17, 15) is 9.90 Å². The number of hydrogen-bond donors (Lipinski definition) is 3. The van der Waals surface area contributed by atoms with Gasteiger partial charge in [-0.2, -0.15) is 0 Å². The van der Waals surface area contributed by atoms with Crippen LogP contribution in [0.1, 0.15) is 10.4 Å². The lowest BCUT2D eigenvalue weighted by Crippen LogP contribution is -1.95. The number of fused-ring (bicyclic) bond motifs is 1. The number of nitrogens with two attached hydrogens (primary N) is 1. The lowest BCUT2D eigenvalue weighted by atomic mass is 10.0. The van der Waals surface area contributed by atoms with E-state index in [4.69, 9.17) is 10.8 Å². The third-order valence-electron chi connectivity index (χ3n) is 3.13. The quantitative estimate of drug-likeness (QED) is 0.672. The molecular formula is C15H11NO3S. The van der Waals surface area contributed by atoms with Gasteiger partial charge in [0, 0.05) is 10.1 Å². The molecule has 0 fully saturated rings. The Bertz CT molecular complexity index is 823. The van der Waals surface area contributed by atoms with Crippen molar-refractivity contribution >= 4 is 32.4 Å². The third kappa shape index (κ3) is 1.98. The summed E-state index contributed by atoms with van der Waals surface area (Å²) in [6.07, 6.45) is 0. The van der Waals surface area contributed by atoms with Gasteiger partial charge >= 0.3 is 5.97 Å². The first-order valence-corrected chi connectivity index (χ1v) is 6.72. The topological polar surface area (TPSA) is 83.6 Å². The number of carboxylic acids is 1. The average Bonchev–Trinajstić information content (AvgIpc) is 2.74. The van der Waals surface area contributed by atoms with Gasteiger partial charge in [-0.1, -0.05) is 18.2 Å². The van der Waals surface area contributed by atoms with Crippen molar-refractivity contribution in [2.24, 2.45) is 0 Å². The van der Waals surface area contributed by atoms with Crippen LogP contribution in [0.2, 0.25) is 0 Å². The molecule has 20 heavy (non-hydrogen) atoms. The van der Waals surface area contributed by atoms with Gasteiger partial charge in [-0.05, 0) is 35.4 Å². The molecule has 0 spiro atoms. The number of benzene rings is 2. The van der Waals surface area contributed by atoms with Crippen LogP contribution in [0, 0.1) is 0 Å². The Labute approximate surface area is 118 Å². The monoisotopic (exact) mass is 285 g/mol. The minimum absolute atomic E-state index is 0.0845. The van der Waals surface area contributed by atoms with Crippen molar-refractivity contribution in [1.29, 1.82) is 0 Å². The first-order valence-electron chi connectivity index (χ1n) is 5.91. The Kier molecular flexibility index (Phi) is 2.84. The second kappa shape index (κ2) is 4.54. The minimum Gasteiger partial charge on any atom is -0.504 e. The van der Waals surface area contributed by atoms with Gasteiger partial charge in [-0.3, -0.25) is 0 Å². The highest BCUT2D eigenvalue weighted by Crippen LogP contribution is 2.40. The molecule has 3 aromatic rings. The van der Waals surface area contributed by atoms with Gasteiger partial charge in [0.2, 0.25) is 0 Å². The number of aromatic hydroxyl groups is 1. The number of thiophene rings is 1. The van der Waals surface area contributed by atoms with Crippen molar-refractivity contribution in [1.82, 2.24) is 0 Å². The van der Waals surface area contributed by atoms with E-state index in [0.717, 1.165) is 15.8 Å². The predicted octanol–water partition coefficient (Wildman–Crippen LogP) is 3.55. The Morgan fingerprint density at radius 3 is 2.60 bits per heavy atom. The molecule has 0 aliphatic heterocycles. The Morgan fingerprint density at radius 2 is 1.85 bits per heavy atom. The van der Waals surface area contributed by atoms with Crippen LogP contribution in [0.25, 0.3) is 21.2 Å². The van der Waals surface area contributed by atoms with E-state index in [-0.39, 0.29) is 11.3 Å². The summed E-state index contributed by atoms with van der Waals surface area (Å²) in [5.74, 6) is -0.878. The lowest BCUT2D eigenvalue weighted by molar-refractivity contribution is 0.0697. The third-order valence-corrected chi connectivity index (χ3v) is 4.12. The Balaban J connectivity index is 2.16. The largest absolute Gasteiger partial charge is 0.504 e. The summed E-state index contributed by atoms with van der Waals surface area (Å²) in [7, 11) is 0. The molecule has 3 rings (SSSR count). The van der Waals surface area contributed by atoms with E-state index in [1.165, 1.54) is 11.3 Å². The Morgan fingerprint density at radius 1 is 1.10 bits per heavy atom. The van der Waals surface area contributed by atoms with Crippen molar-refractivity contribution < 1.29 is 15.0 Å². The maximum Gasteiger partial charge on any atom is 0.335 e. The highest BCUT2D eigenvalue weighted by molar-refractivity contribution is 7.23. The van der Waals surface area contributed by atoms with Crippen molar-refractivity contribution in [2.45, 2.75) is 0 Å². The van der Waals surface area contributed by atoms with Crippen LogP contribution in [-0.2, 0) is 0 Å². The summed E-state index contributed by atoms with van der Waals surface area (Å²) in [6, 6.07) is 12.3. The maximum atomic E-state index is 11.0. The molecule has 0 aliphatic rings. The number of hydrogen-bond acceptors (Lipinski definition) is 4. The van der Waals surface area contributed by atoms with E-state index in [1.807, 2.05) is 24.3 Å². The van der Waals surface area contributed by atoms with Crippen LogP contribution in [0.15, 0.2) is 42.5 Å². The molecule has 2 aromatic carbocycles. The normalized spacial score (nSPS) is 10.8. The molecule has 0 aliphatic carbocycles. The Hall–Kier alpha value is -2.53. The van der Waals surface area contributed by atoms with Gasteiger partial charge < -0.3 is 15.9 Å². The van der Waals surface area contributed by atoms with Crippen LogP contribution < -0.4 is 5.73 Å². The zero-order valence-electron chi connectivity index (χ0n) is 10.3. The maximum absolute atomic E-state index is 11.0. The summed E-state index contributed by atoms with van der Waals surface area (Å²) >= 11 is 1.32. The van der Waals surface area contributed by atoms with Gasteiger partial charge in [-0.15, -0.1) is 11.3 Å². The first-order chi connectivity index (χ1) is 9.56. The van der Waals surface area contributed by atoms with Crippen LogP contribution in [0.4, 0.5) is 5.00 Å². The second-order valence-corrected chi connectivity index (χ2v) is 5.50. The number of carboxylic acid groups (broad SMARTS) is 1. The van der Waals surface area contributed by atoms with Crippen molar-refractivity contribution in [2.75, 3.05) is 5.73 Å². The molecule has 0 amide bonds. The van der Waals surface area contributed by atoms with Gasteiger partial charge in [0.15, 0.2) is 5.75 Å². The summed E-state index contributed by atoms with van der Waals surface area (Å²) < 4.78 is 0.901. The second-order valence-electron chi connectivity index (χ2n) is 4.41. The molecule has 5 heteroatoms. The number of carbonyl (C=O) groups is 1. The van der Waals surface area contributed by atoms with Crippen LogP contribution in [0.5, 0.6) is 5.75 Å². The lowest BCUT2D eigenvalue weighted by Gasteiger charge is -2.03.